The van der Waals surface area contributed by atoms with Crippen LogP contribution in [0.3, 0.4) is 0 Å². The van der Waals surface area contributed by atoms with E-state index in [1.54, 1.807) is 0 Å². The summed E-state index contributed by atoms with van der Waals surface area (Å²) in [6.07, 6.45) is 0. The average Bonchev–Trinajstić information content (AvgIpc) is 2.86. The topological polar surface area (TPSA) is 29.1 Å². The molecule has 3 aromatic rings. The molecule has 0 saturated carbocycles. The molecular formula is C16H12BrNOS. The van der Waals surface area contributed by atoms with Gasteiger partial charge < -0.3 is 5.32 Å². The summed E-state index contributed by atoms with van der Waals surface area (Å²) in [6, 6.07) is 15.8. The van der Waals surface area contributed by atoms with Gasteiger partial charge in [0.25, 0.3) is 5.91 Å². The Hall–Kier alpha value is -1.65. The highest BCUT2D eigenvalue weighted by Crippen LogP contribution is 2.24. The lowest BCUT2D eigenvalue weighted by molar-refractivity contribution is 0.103. The van der Waals surface area contributed by atoms with Crippen LogP contribution in [0.15, 0.2) is 53.0 Å². The molecule has 0 fully saturated rings. The summed E-state index contributed by atoms with van der Waals surface area (Å²) >= 11 is 4.96. The largest absolute Gasteiger partial charge is 0.321 e. The Balaban J connectivity index is 1.87. The van der Waals surface area contributed by atoms with Crippen LogP contribution in [0.4, 0.5) is 5.69 Å². The van der Waals surface area contributed by atoms with Crippen molar-refractivity contribution in [3.8, 4) is 0 Å². The standard InChI is InChI=1S/C16H12BrNOS/c1-10-2-7-15(20-10)16(19)18-14-6-4-11-8-13(17)5-3-12(11)9-14/h2-9H,1H3,(H,18,19). The first kappa shape index (κ1) is 13.3. The molecule has 2 nitrogen and oxygen atoms in total. The van der Waals surface area contributed by atoms with Gasteiger partial charge in [-0.1, -0.05) is 28.1 Å². The predicted octanol–water partition coefficient (Wildman–Crippen LogP) is 5.22. The monoisotopic (exact) mass is 345 g/mol. The van der Waals surface area contributed by atoms with E-state index in [-0.39, 0.29) is 5.91 Å². The molecule has 0 spiro atoms. The maximum absolute atomic E-state index is 12.1. The number of benzene rings is 2. The molecule has 1 aromatic heterocycles. The summed E-state index contributed by atoms with van der Waals surface area (Å²) < 4.78 is 1.05. The van der Waals surface area contributed by atoms with Crippen LogP contribution in [0.1, 0.15) is 14.5 Å². The van der Waals surface area contributed by atoms with Gasteiger partial charge in [-0.3, -0.25) is 4.79 Å². The van der Waals surface area contributed by atoms with Crippen LogP contribution >= 0.6 is 27.3 Å². The van der Waals surface area contributed by atoms with Gasteiger partial charge in [-0.05, 0) is 54.1 Å². The van der Waals surface area contributed by atoms with Crippen molar-refractivity contribution in [2.45, 2.75) is 6.92 Å². The van der Waals surface area contributed by atoms with Gasteiger partial charge in [0.05, 0.1) is 4.88 Å². The second-order valence-electron chi connectivity index (χ2n) is 4.57. The Morgan fingerprint density at radius 2 is 1.80 bits per heavy atom. The van der Waals surface area contributed by atoms with E-state index in [4.69, 9.17) is 0 Å². The van der Waals surface area contributed by atoms with Crippen LogP contribution in [0.25, 0.3) is 10.8 Å². The molecule has 4 heteroatoms. The molecule has 20 heavy (non-hydrogen) atoms. The van der Waals surface area contributed by atoms with Crippen LogP contribution < -0.4 is 5.32 Å². The fourth-order valence-corrected chi connectivity index (χ4v) is 3.19. The number of carbonyl (C=O) groups is 1. The molecule has 1 amide bonds. The molecule has 0 atom stereocenters. The zero-order chi connectivity index (χ0) is 14.1. The lowest BCUT2D eigenvalue weighted by Crippen LogP contribution is -2.09. The molecule has 0 saturated heterocycles. The van der Waals surface area contributed by atoms with Crippen molar-refractivity contribution in [3.63, 3.8) is 0 Å². The second-order valence-corrected chi connectivity index (χ2v) is 6.77. The number of halogens is 1. The van der Waals surface area contributed by atoms with Gasteiger partial charge in [0.15, 0.2) is 0 Å². The number of hydrogen-bond donors (Lipinski definition) is 1. The van der Waals surface area contributed by atoms with E-state index in [0.29, 0.717) is 0 Å². The lowest BCUT2D eigenvalue weighted by atomic mass is 10.1. The Bertz CT molecular complexity index is 794. The lowest BCUT2D eigenvalue weighted by Gasteiger charge is -2.06. The van der Waals surface area contributed by atoms with Crippen molar-refractivity contribution >= 4 is 49.6 Å². The molecule has 0 bridgehead atoms. The minimum Gasteiger partial charge on any atom is -0.321 e. The van der Waals surface area contributed by atoms with E-state index in [0.717, 1.165) is 30.7 Å². The number of amides is 1. The van der Waals surface area contributed by atoms with Gasteiger partial charge in [-0.15, -0.1) is 11.3 Å². The summed E-state index contributed by atoms with van der Waals surface area (Å²) in [7, 11) is 0. The highest BCUT2D eigenvalue weighted by molar-refractivity contribution is 9.10. The van der Waals surface area contributed by atoms with Gasteiger partial charge in [0.2, 0.25) is 0 Å². The van der Waals surface area contributed by atoms with Crippen LogP contribution in [-0.2, 0) is 0 Å². The number of aryl methyl sites for hydroxylation is 1. The fraction of sp³-hybridized carbons (Fsp3) is 0.0625. The van der Waals surface area contributed by atoms with Gasteiger partial charge in [-0.2, -0.15) is 0 Å². The van der Waals surface area contributed by atoms with E-state index in [1.165, 1.54) is 11.3 Å². The number of thiophene rings is 1. The number of hydrogen-bond acceptors (Lipinski definition) is 2. The van der Waals surface area contributed by atoms with E-state index in [9.17, 15) is 4.79 Å². The third kappa shape index (κ3) is 2.76. The minimum absolute atomic E-state index is 0.0560. The first-order valence-electron chi connectivity index (χ1n) is 6.19. The third-order valence-electron chi connectivity index (χ3n) is 3.02. The van der Waals surface area contributed by atoms with Crippen molar-refractivity contribution in [3.05, 3.63) is 62.8 Å². The van der Waals surface area contributed by atoms with E-state index < -0.39 is 0 Å². The van der Waals surface area contributed by atoms with Gasteiger partial charge in [-0.25, -0.2) is 0 Å². The van der Waals surface area contributed by atoms with Crippen LogP contribution in [0.2, 0.25) is 0 Å². The van der Waals surface area contributed by atoms with Gasteiger partial charge >= 0.3 is 0 Å². The van der Waals surface area contributed by atoms with Crippen molar-refractivity contribution < 1.29 is 4.79 Å². The Morgan fingerprint density at radius 1 is 1.05 bits per heavy atom. The zero-order valence-corrected chi connectivity index (χ0v) is 13.2. The molecule has 1 N–H and O–H groups in total. The van der Waals surface area contributed by atoms with Gasteiger partial charge in [0.1, 0.15) is 0 Å². The predicted molar refractivity (Wildman–Crippen MR) is 88.7 cm³/mol. The highest BCUT2D eigenvalue weighted by Gasteiger charge is 2.08. The first-order valence-corrected chi connectivity index (χ1v) is 7.80. The van der Waals surface area contributed by atoms with Crippen molar-refractivity contribution in [1.82, 2.24) is 0 Å². The SMILES string of the molecule is Cc1ccc(C(=O)Nc2ccc3cc(Br)ccc3c2)s1. The highest BCUT2D eigenvalue weighted by atomic mass is 79.9. The van der Waals surface area contributed by atoms with Crippen molar-refractivity contribution in [2.24, 2.45) is 0 Å². The molecule has 2 aromatic carbocycles. The smallest absolute Gasteiger partial charge is 0.265 e. The molecule has 0 aliphatic heterocycles. The molecule has 0 unspecified atom stereocenters. The second kappa shape index (κ2) is 5.38. The minimum atomic E-state index is -0.0560. The Labute approximate surface area is 129 Å². The summed E-state index contributed by atoms with van der Waals surface area (Å²) in [4.78, 5) is 14.0. The van der Waals surface area contributed by atoms with Gasteiger partial charge in [0, 0.05) is 15.0 Å². The molecule has 1 heterocycles. The number of rotatable bonds is 2. The van der Waals surface area contributed by atoms with E-state index in [2.05, 4.69) is 27.3 Å². The summed E-state index contributed by atoms with van der Waals surface area (Å²) in [5.74, 6) is -0.0560. The summed E-state index contributed by atoms with van der Waals surface area (Å²) in [6.45, 7) is 2.00. The number of nitrogens with one attached hydrogen (secondary N) is 1. The average molecular weight is 346 g/mol. The molecular weight excluding hydrogens is 334 g/mol. The molecule has 3 rings (SSSR count). The van der Waals surface area contributed by atoms with Crippen LogP contribution in [0, 0.1) is 6.92 Å². The number of fused-ring (bicyclic) bond motifs is 1. The van der Waals surface area contributed by atoms with Crippen molar-refractivity contribution in [2.75, 3.05) is 5.32 Å². The van der Waals surface area contributed by atoms with E-state index >= 15 is 0 Å². The number of anilines is 1. The Morgan fingerprint density at radius 3 is 2.55 bits per heavy atom. The van der Waals surface area contributed by atoms with Crippen LogP contribution in [-0.4, -0.2) is 5.91 Å². The van der Waals surface area contributed by atoms with E-state index in [1.807, 2.05) is 49.4 Å². The van der Waals surface area contributed by atoms with Crippen LogP contribution in [0.5, 0.6) is 0 Å². The summed E-state index contributed by atoms with van der Waals surface area (Å²) in [5.41, 5.74) is 0.816. The summed E-state index contributed by atoms with van der Waals surface area (Å²) in [5, 5.41) is 5.19. The molecule has 100 valence electrons. The fourth-order valence-electron chi connectivity index (χ4n) is 2.04. The zero-order valence-electron chi connectivity index (χ0n) is 10.8. The number of carbonyl (C=O) groups excluding carboxylic acids is 1. The third-order valence-corrected chi connectivity index (χ3v) is 4.52. The Kier molecular flexibility index (Phi) is 3.59. The molecule has 0 aliphatic rings. The maximum atomic E-state index is 12.1. The quantitative estimate of drug-likeness (QED) is 0.677. The molecule has 0 radical (unpaired) electrons. The first-order chi connectivity index (χ1) is 9.61. The normalized spacial score (nSPS) is 10.7. The molecule has 0 aliphatic carbocycles. The maximum Gasteiger partial charge on any atom is 0.265 e. The van der Waals surface area contributed by atoms with Crippen molar-refractivity contribution in [1.29, 1.82) is 0 Å².